The van der Waals surface area contributed by atoms with Crippen LogP contribution in [0.15, 0.2) is 0 Å². The molecule has 0 aliphatic heterocycles. The highest BCUT2D eigenvalue weighted by molar-refractivity contribution is 5.91. The fourth-order valence-electron chi connectivity index (χ4n) is 4.19. The van der Waals surface area contributed by atoms with E-state index in [1.165, 1.54) is 19.3 Å². The average molecular weight is 207 g/mol. The number of nitrogens with two attached hydrogens (primary N) is 1. The lowest BCUT2D eigenvalue weighted by molar-refractivity contribution is -0.129. The van der Waals surface area contributed by atoms with Gasteiger partial charge in [0.05, 0.1) is 5.54 Å². The standard InChI is InChI=1S/C13H21NO/c14-13(5-1-2-6-13)12(15)11-8-9-3-4-10(11)7-9/h9-11H,1-8,14H2. The third-order valence-corrected chi connectivity index (χ3v) is 5.06. The molecule has 3 saturated carbocycles. The van der Waals surface area contributed by atoms with Crippen LogP contribution < -0.4 is 5.73 Å². The van der Waals surface area contributed by atoms with Gasteiger partial charge in [0.1, 0.15) is 0 Å². The van der Waals surface area contributed by atoms with Gasteiger partial charge < -0.3 is 5.73 Å². The van der Waals surface area contributed by atoms with Gasteiger partial charge >= 0.3 is 0 Å². The highest BCUT2D eigenvalue weighted by atomic mass is 16.1. The zero-order valence-electron chi connectivity index (χ0n) is 9.37. The number of ketones is 1. The summed E-state index contributed by atoms with van der Waals surface area (Å²) in [5, 5.41) is 0. The zero-order valence-corrected chi connectivity index (χ0v) is 9.37. The van der Waals surface area contributed by atoms with Gasteiger partial charge in [-0.25, -0.2) is 0 Å². The summed E-state index contributed by atoms with van der Waals surface area (Å²) in [5.41, 5.74) is 5.84. The third-order valence-electron chi connectivity index (χ3n) is 5.06. The number of rotatable bonds is 2. The summed E-state index contributed by atoms with van der Waals surface area (Å²) in [7, 11) is 0. The van der Waals surface area contributed by atoms with E-state index in [4.69, 9.17) is 5.73 Å². The molecular weight excluding hydrogens is 186 g/mol. The molecule has 0 spiro atoms. The van der Waals surface area contributed by atoms with Gasteiger partial charge in [0.15, 0.2) is 5.78 Å². The molecule has 0 aromatic carbocycles. The first-order valence-electron chi connectivity index (χ1n) is 6.52. The van der Waals surface area contributed by atoms with Crippen LogP contribution >= 0.6 is 0 Å². The fourth-order valence-corrected chi connectivity index (χ4v) is 4.19. The van der Waals surface area contributed by atoms with E-state index in [0.717, 1.165) is 38.0 Å². The Balaban J connectivity index is 1.74. The second-order valence-electron chi connectivity index (χ2n) is 6.01. The van der Waals surface area contributed by atoms with Crippen molar-refractivity contribution < 1.29 is 4.79 Å². The van der Waals surface area contributed by atoms with Gasteiger partial charge in [-0.2, -0.15) is 0 Å². The maximum atomic E-state index is 12.4. The molecule has 2 heteroatoms. The first kappa shape index (κ1) is 9.83. The predicted molar refractivity (Wildman–Crippen MR) is 59.3 cm³/mol. The monoisotopic (exact) mass is 207 g/mol. The molecule has 2 N–H and O–H groups in total. The molecular formula is C13H21NO. The quantitative estimate of drug-likeness (QED) is 0.754. The molecule has 0 aromatic heterocycles. The van der Waals surface area contributed by atoms with Gasteiger partial charge in [-0.3, -0.25) is 4.79 Å². The van der Waals surface area contributed by atoms with Crippen LogP contribution in [0.1, 0.15) is 51.4 Å². The molecule has 3 atom stereocenters. The lowest BCUT2D eigenvalue weighted by atomic mass is 9.77. The van der Waals surface area contributed by atoms with Gasteiger partial charge in [-0.05, 0) is 43.9 Å². The van der Waals surface area contributed by atoms with Crippen LogP contribution in [0.5, 0.6) is 0 Å². The van der Waals surface area contributed by atoms with E-state index >= 15 is 0 Å². The first-order valence-corrected chi connectivity index (χ1v) is 6.52. The molecule has 0 heterocycles. The van der Waals surface area contributed by atoms with Crippen molar-refractivity contribution in [1.82, 2.24) is 0 Å². The van der Waals surface area contributed by atoms with E-state index in [9.17, 15) is 4.79 Å². The summed E-state index contributed by atoms with van der Waals surface area (Å²) in [5.74, 6) is 2.32. The van der Waals surface area contributed by atoms with Crippen LogP contribution in [-0.2, 0) is 4.79 Å². The number of hydrogen-bond acceptors (Lipinski definition) is 2. The Bertz CT molecular complexity index is 280. The Hall–Kier alpha value is -0.370. The summed E-state index contributed by atoms with van der Waals surface area (Å²) in [6.07, 6.45) is 9.32. The SMILES string of the molecule is NC1(C(=O)C2CC3CCC2C3)CCCC1. The van der Waals surface area contributed by atoms with Crippen LogP contribution in [0, 0.1) is 17.8 Å². The summed E-state index contributed by atoms with van der Waals surface area (Å²) in [4.78, 5) is 12.4. The molecule has 3 aliphatic carbocycles. The van der Waals surface area contributed by atoms with Crippen molar-refractivity contribution in [2.45, 2.75) is 56.9 Å². The van der Waals surface area contributed by atoms with Crippen molar-refractivity contribution in [3.8, 4) is 0 Å². The van der Waals surface area contributed by atoms with Crippen LogP contribution in [0.25, 0.3) is 0 Å². The highest BCUT2D eigenvalue weighted by Gasteiger charge is 2.49. The molecule has 15 heavy (non-hydrogen) atoms. The minimum Gasteiger partial charge on any atom is -0.319 e. The Labute approximate surface area is 91.6 Å². The van der Waals surface area contributed by atoms with Crippen molar-refractivity contribution in [3.05, 3.63) is 0 Å². The molecule has 3 unspecified atom stereocenters. The van der Waals surface area contributed by atoms with Gasteiger partial charge in [0.2, 0.25) is 0 Å². The minimum atomic E-state index is -0.421. The molecule has 84 valence electrons. The molecule has 2 nitrogen and oxygen atoms in total. The van der Waals surface area contributed by atoms with Crippen LogP contribution in [0.4, 0.5) is 0 Å². The van der Waals surface area contributed by atoms with Crippen molar-refractivity contribution in [1.29, 1.82) is 0 Å². The zero-order chi connectivity index (χ0) is 10.5. The smallest absolute Gasteiger partial charge is 0.155 e. The van der Waals surface area contributed by atoms with Crippen LogP contribution in [0.2, 0.25) is 0 Å². The molecule has 0 radical (unpaired) electrons. The largest absolute Gasteiger partial charge is 0.319 e. The summed E-state index contributed by atoms with van der Waals surface area (Å²) in [6, 6.07) is 0. The summed E-state index contributed by atoms with van der Waals surface area (Å²) >= 11 is 0. The summed E-state index contributed by atoms with van der Waals surface area (Å²) < 4.78 is 0. The Morgan fingerprint density at radius 3 is 2.40 bits per heavy atom. The van der Waals surface area contributed by atoms with Gasteiger partial charge in [0.25, 0.3) is 0 Å². The topological polar surface area (TPSA) is 43.1 Å². The van der Waals surface area contributed by atoms with E-state index in [2.05, 4.69) is 0 Å². The Morgan fingerprint density at radius 1 is 1.13 bits per heavy atom. The number of Topliss-reactive ketones (excluding diaryl/α,β-unsaturated/α-hetero) is 1. The lowest BCUT2D eigenvalue weighted by Gasteiger charge is -2.30. The third kappa shape index (κ3) is 1.45. The Kier molecular flexibility index (Phi) is 2.17. The maximum Gasteiger partial charge on any atom is 0.155 e. The molecule has 0 amide bonds. The molecule has 3 fully saturated rings. The maximum absolute atomic E-state index is 12.4. The molecule has 0 aromatic rings. The average Bonchev–Trinajstić information content (AvgIpc) is 2.91. The second kappa shape index (κ2) is 3.31. The van der Waals surface area contributed by atoms with Gasteiger partial charge in [-0.15, -0.1) is 0 Å². The van der Waals surface area contributed by atoms with Crippen molar-refractivity contribution in [2.24, 2.45) is 23.5 Å². The van der Waals surface area contributed by atoms with Gasteiger partial charge in [-0.1, -0.05) is 19.3 Å². The van der Waals surface area contributed by atoms with E-state index in [1.807, 2.05) is 0 Å². The van der Waals surface area contributed by atoms with Crippen LogP contribution in [-0.4, -0.2) is 11.3 Å². The van der Waals surface area contributed by atoms with Crippen molar-refractivity contribution >= 4 is 5.78 Å². The molecule has 0 saturated heterocycles. The van der Waals surface area contributed by atoms with E-state index in [0.29, 0.717) is 17.6 Å². The van der Waals surface area contributed by atoms with Crippen molar-refractivity contribution in [2.75, 3.05) is 0 Å². The molecule has 2 bridgehead atoms. The number of carbonyl (C=O) groups is 1. The summed E-state index contributed by atoms with van der Waals surface area (Å²) in [6.45, 7) is 0. The van der Waals surface area contributed by atoms with E-state index in [-0.39, 0.29) is 0 Å². The first-order chi connectivity index (χ1) is 7.19. The van der Waals surface area contributed by atoms with E-state index < -0.39 is 5.54 Å². The van der Waals surface area contributed by atoms with Gasteiger partial charge in [0, 0.05) is 5.92 Å². The van der Waals surface area contributed by atoms with Crippen molar-refractivity contribution in [3.63, 3.8) is 0 Å². The number of hydrogen-bond donors (Lipinski definition) is 1. The number of carbonyl (C=O) groups excluding carboxylic acids is 1. The molecule has 3 rings (SSSR count). The minimum absolute atomic E-state index is 0.340. The fraction of sp³-hybridized carbons (Fsp3) is 0.923. The normalized spacial score (nSPS) is 42.3. The lowest BCUT2D eigenvalue weighted by Crippen LogP contribution is -2.49. The second-order valence-corrected chi connectivity index (χ2v) is 6.01. The van der Waals surface area contributed by atoms with Crippen LogP contribution in [0.3, 0.4) is 0 Å². The highest BCUT2D eigenvalue weighted by Crippen LogP contribution is 2.50. The number of fused-ring (bicyclic) bond motifs is 2. The Morgan fingerprint density at radius 2 is 1.87 bits per heavy atom. The molecule has 3 aliphatic rings. The van der Waals surface area contributed by atoms with E-state index in [1.54, 1.807) is 0 Å². The predicted octanol–water partition coefficient (Wildman–Crippen LogP) is 2.26.